The van der Waals surface area contributed by atoms with Gasteiger partial charge in [-0.05, 0) is 0 Å². The largest absolute Gasteiger partial charge is 0.394 e. The molecule has 5 nitrogen and oxygen atoms in total. The maximum atomic E-state index is 11.6. The van der Waals surface area contributed by atoms with Gasteiger partial charge in [-0.25, -0.2) is 0 Å². The average molecular weight is 226 g/mol. The van der Waals surface area contributed by atoms with E-state index in [4.69, 9.17) is 10.2 Å². The predicted octanol–water partition coefficient (Wildman–Crippen LogP) is -1.06. The first-order valence-corrected chi connectivity index (χ1v) is 4.82. The smallest absolute Gasteiger partial charge is 0.194 e. The van der Waals surface area contributed by atoms with Gasteiger partial charge in [0.05, 0.1) is 6.61 Å². The molecule has 1 aromatic carbocycles. The maximum Gasteiger partial charge on any atom is 0.194 e. The molecule has 3 atom stereocenters. The Balaban J connectivity index is 2.75. The van der Waals surface area contributed by atoms with Gasteiger partial charge in [0.25, 0.3) is 0 Å². The number of rotatable bonds is 5. The Morgan fingerprint density at radius 2 is 1.69 bits per heavy atom. The van der Waals surface area contributed by atoms with E-state index in [1.54, 1.807) is 18.2 Å². The molecule has 0 saturated carbocycles. The summed E-state index contributed by atoms with van der Waals surface area (Å²) in [6.45, 7) is -0.722. The Morgan fingerprint density at radius 3 is 2.19 bits per heavy atom. The van der Waals surface area contributed by atoms with Crippen LogP contribution in [-0.4, -0.2) is 51.1 Å². The highest BCUT2D eigenvalue weighted by molar-refractivity contribution is 5.99. The van der Waals surface area contributed by atoms with Gasteiger partial charge in [-0.2, -0.15) is 0 Å². The molecule has 0 amide bonds. The molecule has 88 valence electrons. The van der Waals surface area contributed by atoms with Crippen LogP contribution in [0.3, 0.4) is 0 Å². The van der Waals surface area contributed by atoms with Crippen LogP contribution >= 0.6 is 0 Å². The molecular weight excluding hydrogens is 212 g/mol. The zero-order valence-electron chi connectivity index (χ0n) is 8.52. The Morgan fingerprint density at radius 1 is 1.12 bits per heavy atom. The summed E-state index contributed by atoms with van der Waals surface area (Å²) in [5, 5.41) is 36.5. The molecule has 0 unspecified atom stereocenters. The molecule has 0 radical (unpaired) electrons. The lowest BCUT2D eigenvalue weighted by Gasteiger charge is -2.20. The number of aliphatic hydroxyl groups is 4. The van der Waals surface area contributed by atoms with Crippen molar-refractivity contribution in [2.24, 2.45) is 0 Å². The van der Waals surface area contributed by atoms with E-state index in [9.17, 15) is 15.0 Å². The minimum Gasteiger partial charge on any atom is -0.394 e. The van der Waals surface area contributed by atoms with Gasteiger partial charge < -0.3 is 20.4 Å². The number of aliphatic hydroxyl groups excluding tert-OH is 4. The van der Waals surface area contributed by atoms with Gasteiger partial charge in [-0.3, -0.25) is 4.79 Å². The Kier molecular flexibility index (Phi) is 4.57. The molecule has 0 heterocycles. The molecule has 0 aliphatic rings. The number of hydrogen-bond donors (Lipinski definition) is 4. The van der Waals surface area contributed by atoms with E-state index in [2.05, 4.69) is 0 Å². The highest BCUT2D eigenvalue weighted by atomic mass is 16.4. The Hall–Kier alpha value is -1.27. The molecule has 0 aliphatic heterocycles. The third kappa shape index (κ3) is 2.86. The molecule has 4 N–H and O–H groups in total. The van der Waals surface area contributed by atoms with Crippen molar-refractivity contribution in [3.8, 4) is 0 Å². The SMILES string of the molecule is O=C(c1ccccc1)[C@H](O)[C@@H](O)[C@@H](O)CO. The van der Waals surface area contributed by atoms with E-state index >= 15 is 0 Å². The highest BCUT2D eigenvalue weighted by Gasteiger charge is 2.30. The Bertz CT molecular complexity index is 337. The van der Waals surface area contributed by atoms with Crippen molar-refractivity contribution in [3.05, 3.63) is 35.9 Å². The first-order chi connectivity index (χ1) is 7.57. The second kappa shape index (κ2) is 5.72. The van der Waals surface area contributed by atoms with Gasteiger partial charge in [0.15, 0.2) is 5.78 Å². The van der Waals surface area contributed by atoms with E-state index in [1.165, 1.54) is 12.1 Å². The van der Waals surface area contributed by atoms with Crippen LogP contribution < -0.4 is 0 Å². The fourth-order valence-electron chi connectivity index (χ4n) is 1.25. The van der Waals surface area contributed by atoms with Crippen molar-refractivity contribution >= 4 is 5.78 Å². The molecule has 0 saturated heterocycles. The van der Waals surface area contributed by atoms with Crippen LogP contribution in [0.15, 0.2) is 30.3 Å². The second-order valence-electron chi connectivity index (χ2n) is 3.42. The van der Waals surface area contributed by atoms with Gasteiger partial charge in [0.2, 0.25) is 0 Å². The van der Waals surface area contributed by atoms with E-state index in [1.807, 2.05) is 0 Å². The predicted molar refractivity (Wildman–Crippen MR) is 55.9 cm³/mol. The molecule has 0 fully saturated rings. The van der Waals surface area contributed by atoms with Crippen LogP contribution in [0.2, 0.25) is 0 Å². The van der Waals surface area contributed by atoms with E-state index in [-0.39, 0.29) is 5.56 Å². The van der Waals surface area contributed by atoms with Crippen molar-refractivity contribution in [1.29, 1.82) is 0 Å². The van der Waals surface area contributed by atoms with Crippen molar-refractivity contribution in [3.63, 3.8) is 0 Å². The Labute approximate surface area is 92.6 Å². The summed E-state index contributed by atoms with van der Waals surface area (Å²) in [4.78, 5) is 11.6. The van der Waals surface area contributed by atoms with Crippen LogP contribution in [0.1, 0.15) is 10.4 Å². The second-order valence-corrected chi connectivity index (χ2v) is 3.42. The minimum absolute atomic E-state index is 0.235. The molecule has 5 heteroatoms. The molecule has 1 aromatic rings. The maximum absolute atomic E-state index is 11.6. The first kappa shape index (κ1) is 12.8. The topological polar surface area (TPSA) is 98.0 Å². The third-order valence-electron chi connectivity index (χ3n) is 2.23. The normalized spacial score (nSPS) is 16.5. The van der Waals surface area contributed by atoms with Crippen molar-refractivity contribution in [2.45, 2.75) is 18.3 Å². The lowest BCUT2D eigenvalue weighted by atomic mass is 9.99. The van der Waals surface area contributed by atoms with Gasteiger partial charge in [0.1, 0.15) is 18.3 Å². The van der Waals surface area contributed by atoms with E-state index < -0.39 is 30.7 Å². The first-order valence-electron chi connectivity index (χ1n) is 4.82. The van der Waals surface area contributed by atoms with Crippen molar-refractivity contribution < 1.29 is 25.2 Å². The van der Waals surface area contributed by atoms with Crippen LogP contribution in [0.5, 0.6) is 0 Å². The summed E-state index contributed by atoms with van der Waals surface area (Å²) in [6.07, 6.45) is -4.98. The van der Waals surface area contributed by atoms with Crippen LogP contribution in [0.25, 0.3) is 0 Å². The quantitative estimate of drug-likeness (QED) is 0.480. The monoisotopic (exact) mass is 226 g/mol. The summed E-state index contributed by atoms with van der Waals surface area (Å²) in [7, 11) is 0. The zero-order valence-corrected chi connectivity index (χ0v) is 8.52. The number of hydrogen-bond acceptors (Lipinski definition) is 5. The molecule has 0 spiro atoms. The lowest BCUT2D eigenvalue weighted by molar-refractivity contribution is -0.0646. The van der Waals surface area contributed by atoms with Crippen LogP contribution in [0.4, 0.5) is 0 Å². The summed E-state index contributed by atoms with van der Waals surface area (Å²) < 4.78 is 0. The fourth-order valence-corrected chi connectivity index (χ4v) is 1.25. The lowest BCUT2D eigenvalue weighted by Crippen LogP contribution is -2.43. The minimum atomic E-state index is -1.75. The molecule has 0 aromatic heterocycles. The van der Waals surface area contributed by atoms with E-state index in [0.717, 1.165) is 0 Å². The molecule has 16 heavy (non-hydrogen) atoms. The van der Waals surface area contributed by atoms with Gasteiger partial charge in [-0.1, -0.05) is 30.3 Å². The third-order valence-corrected chi connectivity index (χ3v) is 2.23. The van der Waals surface area contributed by atoms with Gasteiger partial charge in [-0.15, -0.1) is 0 Å². The zero-order chi connectivity index (χ0) is 12.1. The van der Waals surface area contributed by atoms with Crippen molar-refractivity contribution in [2.75, 3.05) is 6.61 Å². The number of carbonyl (C=O) groups is 1. The number of ketones is 1. The van der Waals surface area contributed by atoms with Crippen molar-refractivity contribution in [1.82, 2.24) is 0 Å². The standard InChI is InChI=1S/C11H14O5/c12-6-8(13)10(15)11(16)9(14)7-4-2-1-3-5-7/h1-5,8,10-13,15-16H,6H2/t8-,10-,11-/m0/s1. The summed E-state index contributed by atoms with van der Waals surface area (Å²) >= 11 is 0. The van der Waals surface area contributed by atoms with Crippen LogP contribution in [-0.2, 0) is 0 Å². The summed E-state index contributed by atoms with van der Waals surface area (Å²) in [5.74, 6) is -0.694. The van der Waals surface area contributed by atoms with Crippen LogP contribution in [0, 0.1) is 0 Å². The molecular formula is C11H14O5. The fraction of sp³-hybridized carbons (Fsp3) is 0.364. The molecule has 1 rings (SSSR count). The van der Waals surface area contributed by atoms with Gasteiger partial charge >= 0.3 is 0 Å². The summed E-state index contributed by atoms with van der Waals surface area (Å²) in [6, 6.07) is 7.93. The number of Topliss-reactive ketones (excluding diaryl/α,β-unsaturated/α-hetero) is 1. The molecule has 0 bridgehead atoms. The van der Waals surface area contributed by atoms with E-state index in [0.29, 0.717) is 0 Å². The molecule has 0 aliphatic carbocycles. The number of carbonyl (C=O) groups excluding carboxylic acids is 1. The van der Waals surface area contributed by atoms with Gasteiger partial charge in [0, 0.05) is 5.56 Å². The number of benzene rings is 1. The summed E-state index contributed by atoms with van der Waals surface area (Å²) in [5.41, 5.74) is 0.235. The average Bonchev–Trinajstić information content (AvgIpc) is 2.36. The highest BCUT2D eigenvalue weighted by Crippen LogP contribution is 2.08.